The van der Waals surface area contributed by atoms with Gasteiger partial charge in [-0.3, -0.25) is 14.6 Å². The van der Waals surface area contributed by atoms with Gasteiger partial charge in [0, 0.05) is 58.5 Å². The van der Waals surface area contributed by atoms with Crippen molar-refractivity contribution >= 4 is 47.4 Å². The largest absolute Gasteiger partial charge is 0.368 e. The molecule has 0 spiro atoms. The Labute approximate surface area is 201 Å². The zero-order valence-electron chi connectivity index (χ0n) is 18.4. The average Bonchev–Trinajstić information content (AvgIpc) is 3.28. The maximum absolute atomic E-state index is 12.5. The first-order chi connectivity index (χ1) is 14.6. The fraction of sp³-hybridized carbons (Fsp3) is 0.591. The van der Waals surface area contributed by atoms with Crippen molar-refractivity contribution in [2.75, 3.05) is 51.2 Å². The lowest BCUT2D eigenvalue weighted by molar-refractivity contribution is -0.142. The van der Waals surface area contributed by atoms with Gasteiger partial charge < -0.3 is 25.2 Å². The topological polar surface area (TPSA) is 86.3 Å². The van der Waals surface area contributed by atoms with Gasteiger partial charge in [0.2, 0.25) is 5.91 Å². The maximum atomic E-state index is 12.5. The summed E-state index contributed by atoms with van der Waals surface area (Å²) < 4.78 is 5.54. The molecule has 1 unspecified atom stereocenters. The number of guanidine groups is 1. The summed E-state index contributed by atoms with van der Waals surface area (Å²) in [6.45, 7) is 8.70. The Morgan fingerprint density at radius 3 is 2.39 bits per heavy atom. The molecule has 0 saturated carbocycles. The molecule has 1 atom stereocenters. The van der Waals surface area contributed by atoms with Crippen LogP contribution >= 0.6 is 24.0 Å². The van der Waals surface area contributed by atoms with Crippen LogP contribution in [-0.4, -0.2) is 79.6 Å². The van der Waals surface area contributed by atoms with E-state index in [4.69, 9.17) is 9.73 Å². The van der Waals surface area contributed by atoms with Gasteiger partial charge in [-0.15, -0.1) is 24.0 Å². The lowest BCUT2D eigenvalue weighted by Gasteiger charge is -2.37. The SMILES string of the molecule is CCNC(=NCCc1ccc(NC(C)=O)cc1)N1CCN(C(=O)C2CCCO2)CC1.I. The number of nitrogens with one attached hydrogen (secondary N) is 2. The quantitative estimate of drug-likeness (QED) is 0.326. The smallest absolute Gasteiger partial charge is 0.251 e. The van der Waals surface area contributed by atoms with Crippen molar-refractivity contribution in [3.05, 3.63) is 29.8 Å². The van der Waals surface area contributed by atoms with E-state index in [9.17, 15) is 9.59 Å². The molecule has 0 bridgehead atoms. The van der Waals surface area contributed by atoms with E-state index < -0.39 is 0 Å². The molecule has 2 saturated heterocycles. The summed E-state index contributed by atoms with van der Waals surface area (Å²) in [6, 6.07) is 7.86. The Morgan fingerprint density at radius 2 is 1.81 bits per heavy atom. The summed E-state index contributed by atoms with van der Waals surface area (Å²) in [6.07, 6.45) is 2.40. The monoisotopic (exact) mass is 543 g/mol. The molecule has 8 nitrogen and oxygen atoms in total. The molecule has 2 fully saturated rings. The van der Waals surface area contributed by atoms with Crippen LogP contribution in [0.15, 0.2) is 29.3 Å². The van der Waals surface area contributed by atoms with Crippen molar-refractivity contribution in [2.45, 2.75) is 39.2 Å². The number of hydrogen-bond donors (Lipinski definition) is 2. The second kappa shape index (κ2) is 12.8. The minimum Gasteiger partial charge on any atom is -0.368 e. The second-order valence-corrected chi connectivity index (χ2v) is 7.68. The maximum Gasteiger partial charge on any atom is 0.251 e. The molecular weight excluding hydrogens is 509 g/mol. The number of aliphatic imine (C=N–C) groups is 1. The van der Waals surface area contributed by atoms with Crippen LogP contribution in [0.5, 0.6) is 0 Å². The average molecular weight is 543 g/mol. The Kier molecular flexibility index (Phi) is 10.5. The third-order valence-corrected chi connectivity index (χ3v) is 5.37. The number of carbonyl (C=O) groups excluding carboxylic acids is 2. The van der Waals surface area contributed by atoms with E-state index in [0.717, 1.165) is 50.5 Å². The number of hydrogen-bond acceptors (Lipinski definition) is 4. The van der Waals surface area contributed by atoms with Crippen LogP contribution < -0.4 is 10.6 Å². The van der Waals surface area contributed by atoms with Crippen LogP contribution in [0.1, 0.15) is 32.3 Å². The Morgan fingerprint density at radius 1 is 1.13 bits per heavy atom. The van der Waals surface area contributed by atoms with E-state index in [1.165, 1.54) is 12.5 Å². The number of ether oxygens (including phenoxy) is 1. The van der Waals surface area contributed by atoms with Crippen LogP contribution in [0.25, 0.3) is 0 Å². The molecule has 0 radical (unpaired) electrons. The molecule has 0 aliphatic carbocycles. The van der Waals surface area contributed by atoms with E-state index in [1.54, 1.807) is 0 Å². The summed E-state index contributed by atoms with van der Waals surface area (Å²) in [5, 5.41) is 6.15. The summed E-state index contributed by atoms with van der Waals surface area (Å²) in [5.41, 5.74) is 1.98. The van der Waals surface area contributed by atoms with E-state index in [2.05, 4.69) is 22.5 Å². The van der Waals surface area contributed by atoms with Crippen LogP contribution in [-0.2, 0) is 20.7 Å². The summed E-state index contributed by atoms with van der Waals surface area (Å²) in [4.78, 5) is 32.6. The van der Waals surface area contributed by atoms with E-state index >= 15 is 0 Å². The summed E-state index contributed by atoms with van der Waals surface area (Å²) >= 11 is 0. The Hall–Kier alpha value is -1.88. The Balaban J connectivity index is 0.00000341. The summed E-state index contributed by atoms with van der Waals surface area (Å²) in [7, 11) is 0. The first-order valence-electron chi connectivity index (χ1n) is 10.9. The molecular formula is C22H34IN5O3. The van der Waals surface area contributed by atoms with Crippen LogP contribution in [0, 0.1) is 0 Å². The number of anilines is 1. The minimum absolute atomic E-state index is 0. The van der Waals surface area contributed by atoms with Crippen LogP contribution in [0.2, 0.25) is 0 Å². The molecule has 1 aromatic rings. The van der Waals surface area contributed by atoms with Gasteiger partial charge in [-0.1, -0.05) is 12.1 Å². The van der Waals surface area contributed by atoms with E-state index in [0.29, 0.717) is 26.2 Å². The molecule has 2 N–H and O–H groups in total. The van der Waals surface area contributed by atoms with Gasteiger partial charge in [0.25, 0.3) is 5.91 Å². The van der Waals surface area contributed by atoms with Gasteiger partial charge in [0.15, 0.2) is 5.96 Å². The van der Waals surface area contributed by atoms with Crippen LogP contribution in [0.4, 0.5) is 5.69 Å². The zero-order valence-corrected chi connectivity index (χ0v) is 20.8. The lowest BCUT2D eigenvalue weighted by Crippen LogP contribution is -2.55. The molecule has 2 heterocycles. The highest BCUT2D eigenvalue weighted by atomic mass is 127. The van der Waals surface area contributed by atoms with Gasteiger partial charge in [-0.25, -0.2) is 0 Å². The lowest BCUT2D eigenvalue weighted by atomic mass is 10.1. The van der Waals surface area contributed by atoms with Gasteiger partial charge in [0.05, 0.1) is 0 Å². The van der Waals surface area contributed by atoms with Crippen molar-refractivity contribution in [1.29, 1.82) is 0 Å². The van der Waals surface area contributed by atoms with E-state index in [1.807, 2.05) is 29.2 Å². The molecule has 172 valence electrons. The molecule has 2 aliphatic rings. The molecule has 0 aromatic heterocycles. The molecule has 1 aromatic carbocycles. The predicted octanol–water partition coefficient (Wildman–Crippen LogP) is 2.09. The highest BCUT2D eigenvalue weighted by Crippen LogP contribution is 2.16. The van der Waals surface area contributed by atoms with Crippen molar-refractivity contribution < 1.29 is 14.3 Å². The van der Waals surface area contributed by atoms with Gasteiger partial charge in [-0.05, 0) is 43.9 Å². The Bertz CT molecular complexity index is 742. The fourth-order valence-electron chi connectivity index (χ4n) is 3.79. The number of amides is 2. The molecule has 31 heavy (non-hydrogen) atoms. The van der Waals surface area contributed by atoms with E-state index in [-0.39, 0.29) is 41.9 Å². The van der Waals surface area contributed by atoms with Gasteiger partial charge in [-0.2, -0.15) is 0 Å². The summed E-state index contributed by atoms with van der Waals surface area (Å²) in [5.74, 6) is 0.966. The number of rotatable bonds is 6. The predicted molar refractivity (Wildman–Crippen MR) is 133 cm³/mol. The molecule has 9 heteroatoms. The normalized spacial score (nSPS) is 19.0. The number of halogens is 1. The minimum atomic E-state index is -0.240. The van der Waals surface area contributed by atoms with Gasteiger partial charge >= 0.3 is 0 Å². The van der Waals surface area contributed by atoms with Crippen LogP contribution in [0.3, 0.4) is 0 Å². The third kappa shape index (κ3) is 7.64. The first kappa shape index (κ1) is 25.4. The molecule has 2 aliphatic heterocycles. The van der Waals surface area contributed by atoms with Crippen molar-refractivity contribution in [2.24, 2.45) is 4.99 Å². The standard InChI is InChI=1S/C22H33N5O3.HI/c1-3-23-22(24-11-10-18-6-8-19(9-7-18)25-17(2)28)27-14-12-26(13-15-27)21(29)20-5-4-16-30-20;/h6-9,20H,3-5,10-16H2,1-2H3,(H,23,24)(H,25,28);1H. The fourth-order valence-corrected chi connectivity index (χ4v) is 3.79. The van der Waals surface area contributed by atoms with Crippen molar-refractivity contribution in [1.82, 2.24) is 15.1 Å². The number of benzene rings is 1. The van der Waals surface area contributed by atoms with Crippen molar-refractivity contribution in [3.8, 4) is 0 Å². The zero-order chi connectivity index (χ0) is 21.3. The number of carbonyl (C=O) groups is 2. The number of nitrogens with zero attached hydrogens (tertiary/aromatic N) is 3. The third-order valence-electron chi connectivity index (χ3n) is 5.37. The second-order valence-electron chi connectivity index (χ2n) is 7.68. The first-order valence-corrected chi connectivity index (χ1v) is 10.9. The number of piperazine rings is 1. The molecule has 2 amide bonds. The highest BCUT2D eigenvalue weighted by molar-refractivity contribution is 14.0. The molecule has 3 rings (SSSR count). The highest BCUT2D eigenvalue weighted by Gasteiger charge is 2.30. The van der Waals surface area contributed by atoms with Gasteiger partial charge in [0.1, 0.15) is 6.10 Å². The van der Waals surface area contributed by atoms with Crippen molar-refractivity contribution in [3.63, 3.8) is 0 Å².